The lowest BCUT2D eigenvalue weighted by molar-refractivity contribution is 0.102. The maximum Gasteiger partial charge on any atom is 0.255 e. The van der Waals surface area contributed by atoms with Crippen LogP contribution in [0.2, 0.25) is 0 Å². The number of allylic oxidation sites excluding steroid dienone is 1. The van der Waals surface area contributed by atoms with Crippen LogP contribution in [0.5, 0.6) is 0 Å². The highest BCUT2D eigenvalue weighted by Crippen LogP contribution is 2.12. The molecule has 0 unspecified atom stereocenters. The first-order valence-electron chi connectivity index (χ1n) is 14.6. The maximum atomic E-state index is 11.9. The molecule has 0 saturated carbocycles. The Kier molecular flexibility index (Phi) is 19.8. The summed E-state index contributed by atoms with van der Waals surface area (Å²) in [5.41, 5.74) is 7.91. The molecule has 0 spiro atoms. The normalized spacial score (nSPS) is 9.41. The minimum Gasteiger partial charge on any atom is -0.388 e. The largest absolute Gasteiger partial charge is 0.388 e. The molecule has 4 rings (SSSR count). The third kappa shape index (κ3) is 16.9. The van der Waals surface area contributed by atoms with Crippen molar-refractivity contribution in [2.45, 2.75) is 40.5 Å². The van der Waals surface area contributed by atoms with Crippen LogP contribution in [0.1, 0.15) is 57.2 Å². The van der Waals surface area contributed by atoms with Crippen LogP contribution in [-0.2, 0) is 4.18 Å². The van der Waals surface area contributed by atoms with Gasteiger partial charge in [-0.1, -0.05) is 71.3 Å². The summed E-state index contributed by atoms with van der Waals surface area (Å²) in [6.07, 6.45) is 4.59. The van der Waals surface area contributed by atoms with Gasteiger partial charge >= 0.3 is 0 Å². The molecule has 44 heavy (non-hydrogen) atoms. The molecule has 0 bridgehead atoms. The molecule has 7 heteroatoms. The van der Waals surface area contributed by atoms with Gasteiger partial charge in [0.15, 0.2) is 0 Å². The fraction of sp³-hybridized carbons (Fsp3) is 0.243. The Labute approximate surface area is 269 Å². The number of anilines is 3. The molecule has 0 fully saturated rings. The molecule has 0 aromatic heterocycles. The molecule has 6 nitrogen and oxygen atoms in total. The van der Waals surface area contributed by atoms with E-state index in [1.54, 1.807) is 12.1 Å². The van der Waals surface area contributed by atoms with E-state index in [4.69, 9.17) is 0 Å². The van der Waals surface area contributed by atoms with E-state index in [0.29, 0.717) is 17.7 Å². The Morgan fingerprint density at radius 1 is 0.795 bits per heavy atom. The van der Waals surface area contributed by atoms with Crippen molar-refractivity contribution in [2.75, 3.05) is 36.1 Å². The number of unbranched alkanes of at least 4 members (excludes halogenated alkanes) is 1. The first-order valence-corrected chi connectivity index (χ1v) is 14.9. The second-order valence-corrected chi connectivity index (χ2v) is 10.2. The Morgan fingerprint density at radius 2 is 1.39 bits per heavy atom. The van der Waals surface area contributed by atoms with Gasteiger partial charge in [-0.15, -0.1) is 6.58 Å². The standard InChI is InChI=1S/C15H15NO.C11H15NO2S.C8H11N.C3H6/c1-11-6-8-14(9-7-11)16-15(17)13-5-3-4-12(2)10-13;13-9-10-4-3-5-11(8-10)12-6-1-2-7-14-15;1-7-3-5-8(9-2)6-4-7;1-3-2/h3-10H,1-2H3,(H,16,17);3-5,8-9,12,15H,1-2,6-7H2;3-6,9H,1-2H3;3H,1H2,2H3. The van der Waals surface area contributed by atoms with E-state index < -0.39 is 0 Å². The van der Waals surface area contributed by atoms with Crippen LogP contribution in [0.4, 0.5) is 17.1 Å². The predicted octanol–water partition coefficient (Wildman–Crippen LogP) is 9.34. The van der Waals surface area contributed by atoms with Gasteiger partial charge in [-0.2, -0.15) is 0 Å². The summed E-state index contributed by atoms with van der Waals surface area (Å²) >= 11 is 3.66. The van der Waals surface area contributed by atoms with Crippen LogP contribution in [0, 0.1) is 20.8 Å². The zero-order chi connectivity index (χ0) is 32.6. The average Bonchev–Trinajstić information content (AvgIpc) is 3.03. The van der Waals surface area contributed by atoms with Crippen molar-refractivity contribution < 1.29 is 13.8 Å². The number of hydrogen-bond donors (Lipinski definition) is 4. The van der Waals surface area contributed by atoms with Crippen molar-refractivity contribution in [1.82, 2.24) is 0 Å². The second kappa shape index (κ2) is 23.2. The summed E-state index contributed by atoms with van der Waals surface area (Å²) in [5.74, 6) is -0.0717. The van der Waals surface area contributed by atoms with Crippen LogP contribution < -0.4 is 16.0 Å². The van der Waals surface area contributed by atoms with Gasteiger partial charge in [0.2, 0.25) is 0 Å². The van der Waals surface area contributed by atoms with E-state index in [2.05, 4.69) is 70.8 Å². The van der Waals surface area contributed by atoms with Crippen molar-refractivity contribution in [3.05, 3.63) is 138 Å². The first kappa shape index (κ1) is 37.7. The van der Waals surface area contributed by atoms with Gasteiger partial charge in [0, 0.05) is 41.8 Å². The van der Waals surface area contributed by atoms with Crippen LogP contribution in [0.3, 0.4) is 0 Å². The highest BCUT2D eigenvalue weighted by atomic mass is 32.1. The number of hydrogen-bond acceptors (Lipinski definition) is 6. The monoisotopic (exact) mass is 613 g/mol. The van der Waals surface area contributed by atoms with E-state index in [1.165, 1.54) is 16.8 Å². The molecule has 0 aliphatic carbocycles. The molecule has 0 atom stereocenters. The summed E-state index contributed by atoms with van der Waals surface area (Å²) in [6.45, 7) is 12.9. The quantitative estimate of drug-likeness (QED) is 0.0471. The molecule has 0 saturated heterocycles. The Bertz CT molecular complexity index is 1370. The van der Waals surface area contributed by atoms with Gasteiger partial charge in [0.05, 0.1) is 6.61 Å². The third-order valence-corrected chi connectivity index (χ3v) is 6.13. The molecule has 1 amide bonds. The van der Waals surface area contributed by atoms with Gasteiger partial charge in [-0.3, -0.25) is 9.59 Å². The molecule has 3 N–H and O–H groups in total. The summed E-state index contributed by atoms with van der Waals surface area (Å²) in [7, 11) is 1.92. The molecule has 0 aliphatic rings. The lowest BCUT2D eigenvalue weighted by Gasteiger charge is -2.06. The zero-order valence-electron chi connectivity index (χ0n) is 26.6. The van der Waals surface area contributed by atoms with E-state index in [9.17, 15) is 9.59 Å². The summed E-state index contributed by atoms with van der Waals surface area (Å²) in [5, 5.41) is 9.17. The predicted molar refractivity (Wildman–Crippen MR) is 191 cm³/mol. The molecule has 4 aromatic carbocycles. The van der Waals surface area contributed by atoms with Gasteiger partial charge in [-0.25, -0.2) is 0 Å². The molecule has 0 aliphatic heterocycles. The van der Waals surface area contributed by atoms with E-state index >= 15 is 0 Å². The van der Waals surface area contributed by atoms with E-state index in [1.807, 2.05) is 94.5 Å². The summed E-state index contributed by atoms with van der Waals surface area (Å²) < 4.78 is 4.65. The average molecular weight is 614 g/mol. The fourth-order valence-corrected chi connectivity index (χ4v) is 3.72. The fourth-order valence-electron chi connectivity index (χ4n) is 3.59. The molecule has 0 radical (unpaired) electrons. The van der Waals surface area contributed by atoms with Gasteiger partial charge in [0.1, 0.15) is 6.29 Å². The van der Waals surface area contributed by atoms with Crippen LogP contribution in [0.15, 0.2) is 110 Å². The number of carbonyl (C=O) groups excluding carboxylic acids is 2. The lowest BCUT2D eigenvalue weighted by Crippen LogP contribution is -2.11. The van der Waals surface area contributed by atoms with Gasteiger partial charge in [0.25, 0.3) is 5.91 Å². The number of amides is 1. The molecular formula is C37H47N3O3S. The SMILES string of the molecule is C=CC.CNc1ccc(C)cc1.Cc1ccc(NC(=O)c2cccc(C)c2)cc1.O=Cc1cccc(NCCCCOS)c1. The minimum atomic E-state index is -0.0717. The Hall–Kier alpha value is -4.33. The van der Waals surface area contributed by atoms with E-state index in [-0.39, 0.29) is 5.91 Å². The van der Waals surface area contributed by atoms with Crippen LogP contribution in [0.25, 0.3) is 0 Å². The topological polar surface area (TPSA) is 79.5 Å². The van der Waals surface area contributed by atoms with Gasteiger partial charge < -0.3 is 20.1 Å². The second-order valence-electron chi connectivity index (χ2n) is 9.92. The third-order valence-electron chi connectivity index (χ3n) is 5.94. The van der Waals surface area contributed by atoms with Crippen molar-refractivity contribution in [2.24, 2.45) is 0 Å². The molecule has 4 aromatic rings. The lowest BCUT2D eigenvalue weighted by atomic mass is 10.1. The van der Waals surface area contributed by atoms with Crippen molar-refractivity contribution in [1.29, 1.82) is 0 Å². The number of thiol groups is 1. The number of rotatable bonds is 10. The number of nitrogens with one attached hydrogen (secondary N) is 3. The molecular weight excluding hydrogens is 566 g/mol. The highest BCUT2D eigenvalue weighted by molar-refractivity contribution is 7.75. The number of carbonyl (C=O) groups is 2. The number of aryl methyl sites for hydroxylation is 3. The Balaban J connectivity index is 0.000000328. The molecule has 0 heterocycles. The summed E-state index contributed by atoms with van der Waals surface area (Å²) in [4.78, 5) is 22.5. The first-order chi connectivity index (χ1) is 21.3. The number of aldehydes is 1. The maximum absolute atomic E-state index is 11.9. The zero-order valence-corrected chi connectivity index (χ0v) is 27.5. The highest BCUT2D eigenvalue weighted by Gasteiger charge is 2.05. The van der Waals surface area contributed by atoms with Gasteiger partial charge in [-0.05, 0) is 102 Å². The minimum absolute atomic E-state index is 0.0717. The van der Waals surface area contributed by atoms with E-state index in [0.717, 1.165) is 42.6 Å². The van der Waals surface area contributed by atoms with Crippen molar-refractivity contribution in [3.8, 4) is 0 Å². The van der Waals surface area contributed by atoms with Crippen molar-refractivity contribution >= 4 is 42.2 Å². The van der Waals surface area contributed by atoms with Crippen LogP contribution in [-0.4, -0.2) is 32.4 Å². The van der Waals surface area contributed by atoms with Crippen LogP contribution >= 0.6 is 12.9 Å². The number of benzene rings is 4. The smallest absolute Gasteiger partial charge is 0.255 e. The summed E-state index contributed by atoms with van der Waals surface area (Å²) in [6, 6.07) is 31.1. The molecule has 234 valence electrons. The van der Waals surface area contributed by atoms with Crippen molar-refractivity contribution in [3.63, 3.8) is 0 Å². The Morgan fingerprint density at radius 3 is 1.93 bits per heavy atom.